The molecule has 1 nitrogen and oxygen atoms in total. The quantitative estimate of drug-likeness (QED) is 0.554. The van der Waals surface area contributed by atoms with Gasteiger partial charge in [-0.3, -0.25) is 4.90 Å². The lowest BCUT2D eigenvalue weighted by atomic mass is 10.1. The SMILES string of the molecule is CN(CCF)C(C)(C)C. The van der Waals surface area contributed by atoms with Crippen molar-refractivity contribution >= 4 is 0 Å². The van der Waals surface area contributed by atoms with Gasteiger partial charge < -0.3 is 0 Å². The third kappa shape index (κ3) is 3.46. The summed E-state index contributed by atoms with van der Waals surface area (Å²) in [6, 6.07) is 0. The van der Waals surface area contributed by atoms with E-state index in [0.717, 1.165) is 0 Å². The molecule has 56 valence electrons. The maximum absolute atomic E-state index is 11.7. The molecule has 0 aromatic heterocycles. The molecule has 0 saturated carbocycles. The summed E-state index contributed by atoms with van der Waals surface area (Å²) in [5.41, 5.74) is 0.103. The summed E-state index contributed by atoms with van der Waals surface area (Å²) >= 11 is 0. The van der Waals surface area contributed by atoms with E-state index in [9.17, 15) is 4.39 Å². The van der Waals surface area contributed by atoms with Crippen molar-refractivity contribution in [2.45, 2.75) is 26.3 Å². The first-order valence-corrected chi connectivity index (χ1v) is 3.25. The lowest BCUT2D eigenvalue weighted by Gasteiger charge is -2.30. The molecule has 2 heteroatoms. The van der Waals surface area contributed by atoms with Crippen molar-refractivity contribution < 1.29 is 4.39 Å². The van der Waals surface area contributed by atoms with Gasteiger partial charge in [0, 0.05) is 12.1 Å². The molecule has 0 saturated heterocycles. The van der Waals surface area contributed by atoms with Crippen molar-refractivity contribution in [2.75, 3.05) is 20.3 Å². The average Bonchev–Trinajstić information content (AvgIpc) is 1.64. The summed E-state index contributed by atoms with van der Waals surface area (Å²) < 4.78 is 11.7. The van der Waals surface area contributed by atoms with Crippen LogP contribution in [0.25, 0.3) is 0 Å². The van der Waals surface area contributed by atoms with E-state index in [1.807, 2.05) is 11.9 Å². The van der Waals surface area contributed by atoms with E-state index in [0.29, 0.717) is 6.54 Å². The molecule has 0 bridgehead atoms. The van der Waals surface area contributed by atoms with Crippen molar-refractivity contribution in [3.63, 3.8) is 0 Å². The third-order valence-corrected chi connectivity index (χ3v) is 1.57. The average molecular weight is 133 g/mol. The monoisotopic (exact) mass is 133 g/mol. The van der Waals surface area contributed by atoms with Gasteiger partial charge in [-0.25, -0.2) is 4.39 Å². The molecule has 0 aliphatic carbocycles. The summed E-state index contributed by atoms with van der Waals surface area (Å²) in [5.74, 6) is 0. The molecule has 0 amide bonds. The third-order valence-electron chi connectivity index (χ3n) is 1.57. The molecule has 0 fully saturated rings. The van der Waals surface area contributed by atoms with Crippen LogP contribution in [0, 0.1) is 0 Å². The van der Waals surface area contributed by atoms with E-state index in [1.165, 1.54) is 0 Å². The van der Waals surface area contributed by atoms with Crippen molar-refractivity contribution in [1.82, 2.24) is 4.90 Å². The summed E-state index contributed by atoms with van der Waals surface area (Å²) in [6.45, 7) is 6.49. The molecule has 0 atom stereocenters. The van der Waals surface area contributed by atoms with E-state index < -0.39 is 0 Å². The van der Waals surface area contributed by atoms with Crippen molar-refractivity contribution in [3.05, 3.63) is 0 Å². The second-order valence-corrected chi connectivity index (χ2v) is 3.28. The molecule has 0 spiro atoms. The molecule has 0 heterocycles. The highest BCUT2D eigenvalue weighted by Gasteiger charge is 2.15. The Kier molecular flexibility index (Phi) is 3.12. The van der Waals surface area contributed by atoms with E-state index in [-0.39, 0.29) is 12.2 Å². The number of hydrogen-bond donors (Lipinski definition) is 0. The van der Waals surface area contributed by atoms with Gasteiger partial charge in [-0.15, -0.1) is 0 Å². The minimum Gasteiger partial charge on any atom is -0.299 e. The highest BCUT2D eigenvalue weighted by molar-refractivity contribution is 4.71. The van der Waals surface area contributed by atoms with Gasteiger partial charge in [0.25, 0.3) is 0 Å². The molecule has 0 radical (unpaired) electrons. The Bertz CT molecular complexity index is 75.5. The second kappa shape index (κ2) is 3.16. The topological polar surface area (TPSA) is 3.24 Å². The Hall–Kier alpha value is -0.110. The van der Waals surface area contributed by atoms with Gasteiger partial charge in [-0.2, -0.15) is 0 Å². The second-order valence-electron chi connectivity index (χ2n) is 3.28. The first-order valence-electron chi connectivity index (χ1n) is 3.25. The molecule has 0 aromatic carbocycles. The van der Waals surface area contributed by atoms with Gasteiger partial charge >= 0.3 is 0 Å². The highest BCUT2D eigenvalue weighted by atomic mass is 19.1. The number of alkyl halides is 1. The zero-order valence-electron chi connectivity index (χ0n) is 6.74. The van der Waals surface area contributed by atoms with Gasteiger partial charge in [0.1, 0.15) is 6.67 Å². The van der Waals surface area contributed by atoms with Crippen LogP contribution < -0.4 is 0 Å². The fourth-order valence-corrected chi connectivity index (χ4v) is 0.462. The Labute approximate surface area is 56.9 Å². The molecular formula is C7H16FN. The Balaban J connectivity index is 3.59. The fraction of sp³-hybridized carbons (Fsp3) is 1.00. The van der Waals surface area contributed by atoms with Crippen LogP contribution in [0.3, 0.4) is 0 Å². The standard InChI is InChI=1S/C7H16FN/c1-7(2,3)9(4)6-5-8/h5-6H2,1-4H3. The smallest absolute Gasteiger partial charge is 0.102 e. The van der Waals surface area contributed by atoms with Crippen molar-refractivity contribution in [1.29, 1.82) is 0 Å². The van der Waals surface area contributed by atoms with E-state index in [2.05, 4.69) is 20.8 Å². The van der Waals surface area contributed by atoms with Crippen LogP contribution in [-0.4, -0.2) is 30.7 Å². The lowest BCUT2D eigenvalue weighted by molar-refractivity contribution is 0.163. The number of hydrogen-bond acceptors (Lipinski definition) is 1. The number of nitrogens with zero attached hydrogens (tertiary/aromatic N) is 1. The predicted molar refractivity (Wildman–Crippen MR) is 38.4 cm³/mol. The molecule has 0 aliphatic rings. The van der Waals surface area contributed by atoms with Gasteiger partial charge in [0.05, 0.1) is 0 Å². The zero-order chi connectivity index (χ0) is 7.49. The highest BCUT2D eigenvalue weighted by Crippen LogP contribution is 2.08. The van der Waals surface area contributed by atoms with Gasteiger partial charge in [0.2, 0.25) is 0 Å². The zero-order valence-corrected chi connectivity index (χ0v) is 6.74. The van der Waals surface area contributed by atoms with Crippen LogP contribution in [0.4, 0.5) is 4.39 Å². The summed E-state index contributed by atoms with van der Waals surface area (Å²) in [6.07, 6.45) is 0. The maximum atomic E-state index is 11.7. The van der Waals surface area contributed by atoms with Crippen LogP contribution in [0.2, 0.25) is 0 Å². The van der Waals surface area contributed by atoms with E-state index >= 15 is 0 Å². The Morgan fingerprint density at radius 3 is 1.89 bits per heavy atom. The summed E-state index contributed by atoms with van der Waals surface area (Å²) in [7, 11) is 1.93. The first-order chi connectivity index (χ1) is 3.98. The normalized spacial score (nSPS) is 12.7. The van der Waals surface area contributed by atoms with E-state index in [4.69, 9.17) is 0 Å². The molecule has 9 heavy (non-hydrogen) atoms. The molecule has 0 aromatic rings. The molecular weight excluding hydrogens is 117 g/mol. The van der Waals surface area contributed by atoms with Crippen molar-refractivity contribution in [2.24, 2.45) is 0 Å². The summed E-state index contributed by atoms with van der Waals surface area (Å²) in [4.78, 5) is 1.99. The molecule has 0 N–H and O–H groups in total. The lowest BCUT2D eigenvalue weighted by Crippen LogP contribution is -2.39. The van der Waals surface area contributed by atoms with E-state index in [1.54, 1.807) is 0 Å². The maximum Gasteiger partial charge on any atom is 0.102 e. The Morgan fingerprint density at radius 2 is 1.78 bits per heavy atom. The van der Waals surface area contributed by atoms with Crippen LogP contribution in [0.1, 0.15) is 20.8 Å². The molecule has 0 unspecified atom stereocenters. The predicted octanol–water partition coefficient (Wildman–Crippen LogP) is 1.69. The number of halogens is 1. The van der Waals surface area contributed by atoms with Crippen LogP contribution in [-0.2, 0) is 0 Å². The van der Waals surface area contributed by atoms with Crippen LogP contribution >= 0.6 is 0 Å². The number of rotatable bonds is 2. The van der Waals surface area contributed by atoms with Crippen molar-refractivity contribution in [3.8, 4) is 0 Å². The minimum absolute atomic E-state index is 0.103. The van der Waals surface area contributed by atoms with Gasteiger partial charge in [0.15, 0.2) is 0 Å². The summed E-state index contributed by atoms with van der Waals surface area (Å²) in [5, 5.41) is 0. The molecule has 0 aliphatic heterocycles. The first kappa shape index (κ1) is 8.89. The van der Waals surface area contributed by atoms with Gasteiger partial charge in [-0.1, -0.05) is 0 Å². The van der Waals surface area contributed by atoms with Gasteiger partial charge in [-0.05, 0) is 27.8 Å². The Morgan fingerprint density at radius 1 is 1.33 bits per heavy atom. The fourth-order valence-electron chi connectivity index (χ4n) is 0.462. The van der Waals surface area contributed by atoms with Crippen LogP contribution in [0.5, 0.6) is 0 Å². The minimum atomic E-state index is -0.256. The largest absolute Gasteiger partial charge is 0.299 e. The van der Waals surface area contributed by atoms with Crippen LogP contribution in [0.15, 0.2) is 0 Å². The molecule has 0 rings (SSSR count).